The molecule has 0 bridgehead atoms. The molecule has 1 saturated heterocycles. The van der Waals surface area contributed by atoms with Gasteiger partial charge in [-0.3, -0.25) is 0 Å². The maximum absolute atomic E-state index is 5.61. The van der Waals surface area contributed by atoms with Crippen LogP contribution in [0.1, 0.15) is 33.6 Å². The number of rotatable bonds is 4. The van der Waals surface area contributed by atoms with Crippen LogP contribution in [0.3, 0.4) is 0 Å². The molecule has 0 saturated carbocycles. The fraction of sp³-hybridized carbons (Fsp3) is 1.00. The number of hydrogen-bond donors (Lipinski definition) is 1. The van der Waals surface area contributed by atoms with E-state index in [4.69, 9.17) is 4.74 Å². The molecule has 1 fully saturated rings. The quantitative estimate of drug-likeness (QED) is 0.696. The monoisotopic (exact) mass is 171 g/mol. The van der Waals surface area contributed by atoms with Crippen LogP contribution in [0.5, 0.6) is 0 Å². The van der Waals surface area contributed by atoms with Crippen LogP contribution >= 0.6 is 0 Å². The molecule has 12 heavy (non-hydrogen) atoms. The van der Waals surface area contributed by atoms with E-state index < -0.39 is 0 Å². The molecule has 1 heterocycles. The first-order valence-corrected chi connectivity index (χ1v) is 5.09. The Morgan fingerprint density at radius 2 is 2.25 bits per heavy atom. The molecule has 0 amide bonds. The van der Waals surface area contributed by atoms with E-state index in [0.717, 1.165) is 25.5 Å². The first-order chi connectivity index (χ1) is 5.74. The zero-order chi connectivity index (χ0) is 8.97. The molecule has 0 aromatic heterocycles. The van der Waals surface area contributed by atoms with Gasteiger partial charge < -0.3 is 10.1 Å². The predicted molar refractivity (Wildman–Crippen MR) is 51.3 cm³/mol. The summed E-state index contributed by atoms with van der Waals surface area (Å²) >= 11 is 0. The Kier molecular flexibility index (Phi) is 4.02. The smallest absolute Gasteiger partial charge is 0.0613 e. The lowest BCUT2D eigenvalue weighted by Gasteiger charge is -2.18. The maximum atomic E-state index is 5.61. The highest BCUT2D eigenvalue weighted by atomic mass is 16.5. The minimum Gasteiger partial charge on any atom is -0.378 e. The fourth-order valence-electron chi connectivity index (χ4n) is 1.76. The lowest BCUT2D eigenvalue weighted by molar-refractivity contribution is 0.0869. The molecule has 1 N–H and O–H groups in total. The van der Waals surface area contributed by atoms with Crippen molar-refractivity contribution in [3.63, 3.8) is 0 Å². The molecule has 2 heteroatoms. The highest BCUT2D eigenvalue weighted by Crippen LogP contribution is 2.22. The van der Waals surface area contributed by atoms with Crippen molar-refractivity contribution >= 4 is 0 Å². The molecule has 2 unspecified atom stereocenters. The molecular weight excluding hydrogens is 150 g/mol. The zero-order valence-corrected chi connectivity index (χ0v) is 8.47. The number of hydrogen-bond acceptors (Lipinski definition) is 2. The van der Waals surface area contributed by atoms with Crippen LogP contribution in [-0.2, 0) is 4.74 Å². The summed E-state index contributed by atoms with van der Waals surface area (Å²) in [5.41, 5.74) is 0. The topological polar surface area (TPSA) is 21.3 Å². The molecule has 0 aromatic rings. The molecule has 0 radical (unpaired) electrons. The Labute approximate surface area is 75.7 Å². The van der Waals surface area contributed by atoms with Gasteiger partial charge in [-0.15, -0.1) is 0 Å². The van der Waals surface area contributed by atoms with Crippen molar-refractivity contribution in [2.75, 3.05) is 13.2 Å². The fourth-order valence-corrected chi connectivity index (χ4v) is 1.76. The number of nitrogens with one attached hydrogen (secondary N) is 1. The Bertz CT molecular complexity index is 125. The molecule has 2 atom stereocenters. The standard InChI is InChI=1S/C10H21NO/c1-4-10-9(5-6-12-10)7-11-8(2)3/h8-11H,4-7H2,1-3H3. The largest absolute Gasteiger partial charge is 0.378 e. The highest BCUT2D eigenvalue weighted by Gasteiger charge is 2.26. The normalized spacial score (nSPS) is 30.0. The summed E-state index contributed by atoms with van der Waals surface area (Å²) in [6, 6.07) is 0.600. The molecule has 1 aliphatic rings. The van der Waals surface area contributed by atoms with E-state index in [9.17, 15) is 0 Å². The van der Waals surface area contributed by atoms with E-state index in [1.54, 1.807) is 0 Å². The van der Waals surface area contributed by atoms with Gasteiger partial charge in [-0.05, 0) is 18.8 Å². The minimum atomic E-state index is 0.510. The van der Waals surface area contributed by atoms with Crippen molar-refractivity contribution in [2.45, 2.75) is 45.8 Å². The van der Waals surface area contributed by atoms with Crippen molar-refractivity contribution in [3.05, 3.63) is 0 Å². The third kappa shape index (κ3) is 2.76. The van der Waals surface area contributed by atoms with Crippen molar-refractivity contribution in [3.8, 4) is 0 Å². The molecule has 0 aliphatic carbocycles. The van der Waals surface area contributed by atoms with Gasteiger partial charge in [0.05, 0.1) is 6.10 Å². The second kappa shape index (κ2) is 4.83. The molecule has 0 spiro atoms. The van der Waals surface area contributed by atoms with Crippen LogP contribution in [-0.4, -0.2) is 25.3 Å². The van der Waals surface area contributed by atoms with Gasteiger partial charge in [0.25, 0.3) is 0 Å². The van der Waals surface area contributed by atoms with E-state index in [1.807, 2.05) is 0 Å². The Balaban J connectivity index is 2.21. The summed E-state index contributed by atoms with van der Waals surface area (Å²) in [5, 5.41) is 3.47. The van der Waals surface area contributed by atoms with Gasteiger partial charge in [0.1, 0.15) is 0 Å². The van der Waals surface area contributed by atoms with Gasteiger partial charge in [-0.2, -0.15) is 0 Å². The van der Waals surface area contributed by atoms with Gasteiger partial charge in [-0.25, -0.2) is 0 Å². The highest BCUT2D eigenvalue weighted by molar-refractivity contribution is 4.77. The van der Waals surface area contributed by atoms with Crippen molar-refractivity contribution in [1.29, 1.82) is 0 Å². The average Bonchev–Trinajstić information content (AvgIpc) is 2.47. The lowest BCUT2D eigenvalue weighted by atomic mass is 9.99. The third-order valence-electron chi connectivity index (χ3n) is 2.54. The SMILES string of the molecule is CCC1OCCC1CNC(C)C. The van der Waals surface area contributed by atoms with Gasteiger partial charge in [-0.1, -0.05) is 20.8 Å². The van der Waals surface area contributed by atoms with Crippen LogP contribution in [0, 0.1) is 5.92 Å². The summed E-state index contributed by atoms with van der Waals surface area (Å²) in [7, 11) is 0. The van der Waals surface area contributed by atoms with Gasteiger partial charge in [0.15, 0.2) is 0 Å². The van der Waals surface area contributed by atoms with Crippen LogP contribution in [0.2, 0.25) is 0 Å². The van der Waals surface area contributed by atoms with Crippen molar-refractivity contribution in [2.24, 2.45) is 5.92 Å². The molecular formula is C10H21NO. The number of ether oxygens (including phenoxy) is 1. The predicted octanol–water partition coefficient (Wildman–Crippen LogP) is 1.80. The molecule has 1 aliphatic heterocycles. The minimum absolute atomic E-state index is 0.510. The van der Waals surface area contributed by atoms with Gasteiger partial charge >= 0.3 is 0 Å². The molecule has 1 rings (SSSR count). The van der Waals surface area contributed by atoms with Crippen LogP contribution in [0.25, 0.3) is 0 Å². The van der Waals surface area contributed by atoms with E-state index in [-0.39, 0.29) is 0 Å². The van der Waals surface area contributed by atoms with Crippen LogP contribution < -0.4 is 5.32 Å². The van der Waals surface area contributed by atoms with Gasteiger partial charge in [0.2, 0.25) is 0 Å². The molecule has 0 aromatic carbocycles. The first-order valence-electron chi connectivity index (χ1n) is 5.09. The van der Waals surface area contributed by atoms with Gasteiger partial charge in [0, 0.05) is 19.2 Å². The Morgan fingerprint density at radius 1 is 1.50 bits per heavy atom. The summed E-state index contributed by atoms with van der Waals surface area (Å²) in [6.07, 6.45) is 2.90. The van der Waals surface area contributed by atoms with E-state index >= 15 is 0 Å². The molecule has 72 valence electrons. The van der Waals surface area contributed by atoms with E-state index in [2.05, 4.69) is 26.1 Å². The Hall–Kier alpha value is -0.0800. The molecule has 2 nitrogen and oxygen atoms in total. The van der Waals surface area contributed by atoms with E-state index in [1.165, 1.54) is 6.42 Å². The summed E-state index contributed by atoms with van der Waals surface area (Å²) in [5.74, 6) is 0.748. The summed E-state index contributed by atoms with van der Waals surface area (Å²) in [4.78, 5) is 0. The van der Waals surface area contributed by atoms with Crippen molar-refractivity contribution < 1.29 is 4.74 Å². The lowest BCUT2D eigenvalue weighted by Crippen LogP contribution is -2.32. The van der Waals surface area contributed by atoms with Crippen molar-refractivity contribution in [1.82, 2.24) is 5.32 Å². The van der Waals surface area contributed by atoms with Crippen LogP contribution in [0.15, 0.2) is 0 Å². The average molecular weight is 171 g/mol. The Morgan fingerprint density at radius 3 is 2.83 bits per heavy atom. The van der Waals surface area contributed by atoms with Crippen LogP contribution in [0.4, 0.5) is 0 Å². The second-order valence-corrected chi connectivity index (χ2v) is 3.93. The summed E-state index contributed by atoms with van der Waals surface area (Å²) in [6.45, 7) is 8.67. The summed E-state index contributed by atoms with van der Waals surface area (Å²) < 4.78 is 5.61. The first kappa shape index (κ1) is 10.0. The second-order valence-electron chi connectivity index (χ2n) is 3.93. The zero-order valence-electron chi connectivity index (χ0n) is 8.47. The third-order valence-corrected chi connectivity index (χ3v) is 2.54. The maximum Gasteiger partial charge on any atom is 0.0613 e. The van der Waals surface area contributed by atoms with E-state index in [0.29, 0.717) is 12.1 Å².